The van der Waals surface area contributed by atoms with Crippen molar-refractivity contribution >= 4 is 23.5 Å². The number of hydrogen-bond donors (Lipinski definition) is 2. The van der Waals surface area contributed by atoms with Gasteiger partial charge in [0.15, 0.2) is 0 Å². The second-order valence-corrected chi connectivity index (χ2v) is 7.48. The minimum atomic E-state index is -0.255. The zero-order valence-corrected chi connectivity index (χ0v) is 18.1. The number of aromatic nitrogens is 3. The van der Waals surface area contributed by atoms with Crippen LogP contribution in [0.4, 0.5) is 11.6 Å². The van der Waals surface area contributed by atoms with E-state index in [4.69, 9.17) is 0 Å². The molecule has 0 unspecified atom stereocenters. The third kappa shape index (κ3) is 4.41. The zero-order chi connectivity index (χ0) is 22.7. The number of nitrogens with zero attached hydrogens (tertiary/aromatic N) is 3. The van der Waals surface area contributed by atoms with Gasteiger partial charge in [0.2, 0.25) is 5.91 Å². The first-order valence-corrected chi connectivity index (χ1v) is 10.2. The van der Waals surface area contributed by atoms with Crippen LogP contribution in [-0.4, -0.2) is 26.6 Å². The normalized spacial score (nSPS) is 10.6. The first-order valence-electron chi connectivity index (χ1n) is 10.2. The van der Waals surface area contributed by atoms with Gasteiger partial charge in [-0.1, -0.05) is 35.9 Å². The fourth-order valence-electron chi connectivity index (χ4n) is 3.44. The lowest BCUT2D eigenvalue weighted by molar-refractivity contribution is -0.114. The van der Waals surface area contributed by atoms with E-state index in [-0.39, 0.29) is 11.8 Å². The Morgan fingerprint density at radius 1 is 0.875 bits per heavy atom. The number of amides is 2. The zero-order valence-electron chi connectivity index (χ0n) is 18.1. The summed E-state index contributed by atoms with van der Waals surface area (Å²) in [7, 11) is 0. The van der Waals surface area contributed by atoms with Crippen LogP contribution in [0.3, 0.4) is 0 Å². The Morgan fingerprint density at radius 3 is 2.22 bits per heavy atom. The van der Waals surface area contributed by atoms with Gasteiger partial charge >= 0.3 is 0 Å². The molecular weight excluding hydrogens is 402 g/mol. The number of carbonyl (C=O) groups is 2. The third-order valence-electron chi connectivity index (χ3n) is 4.98. The molecule has 2 aromatic carbocycles. The van der Waals surface area contributed by atoms with Crippen LogP contribution in [0.1, 0.15) is 28.5 Å². The number of rotatable bonds is 5. The number of carbonyl (C=O) groups excluding carboxylic acids is 2. The van der Waals surface area contributed by atoms with E-state index in [2.05, 4.69) is 20.7 Å². The van der Waals surface area contributed by atoms with Crippen LogP contribution in [0.5, 0.6) is 0 Å². The maximum Gasteiger partial charge on any atom is 0.256 e. The number of hydrogen-bond acceptors (Lipinski definition) is 4. The van der Waals surface area contributed by atoms with E-state index in [0.29, 0.717) is 17.2 Å². The Labute approximate surface area is 186 Å². The van der Waals surface area contributed by atoms with Crippen LogP contribution in [-0.2, 0) is 4.79 Å². The van der Waals surface area contributed by atoms with E-state index >= 15 is 0 Å². The van der Waals surface area contributed by atoms with Crippen molar-refractivity contribution in [3.05, 3.63) is 89.7 Å². The summed E-state index contributed by atoms with van der Waals surface area (Å²) in [6.07, 6.45) is 1.62. The van der Waals surface area contributed by atoms with Crippen molar-refractivity contribution in [3.63, 3.8) is 0 Å². The lowest BCUT2D eigenvalue weighted by Crippen LogP contribution is -2.14. The van der Waals surface area contributed by atoms with Gasteiger partial charge < -0.3 is 10.6 Å². The van der Waals surface area contributed by atoms with E-state index in [1.54, 1.807) is 53.3 Å². The van der Waals surface area contributed by atoms with Crippen LogP contribution in [0.2, 0.25) is 0 Å². The molecule has 0 aliphatic carbocycles. The van der Waals surface area contributed by atoms with Crippen molar-refractivity contribution in [1.29, 1.82) is 0 Å². The second-order valence-electron chi connectivity index (χ2n) is 7.48. The number of pyridine rings is 1. The first-order chi connectivity index (χ1) is 15.4. The summed E-state index contributed by atoms with van der Waals surface area (Å²) in [6.45, 7) is 5.41. The average molecular weight is 425 g/mol. The van der Waals surface area contributed by atoms with Crippen LogP contribution in [0, 0.1) is 13.8 Å². The van der Waals surface area contributed by atoms with Crippen molar-refractivity contribution in [2.45, 2.75) is 20.8 Å². The minimum absolute atomic E-state index is 0.189. The molecule has 2 aromatic heterocycles. The van der Waals surface area contributed by atoms with Gasteiger partial charge in [0.05, 0.1) is 11.4 Å². The Morgan fingerprint density at radius 2 is 1.59 bits per heavy atom. The molecule has 0 aliphatic rings. The van der Waals surface area contributed by atoms with E-state index in [9.17, 15) is 9.59 Å². The van der Waals surface area contributed by atoms with Crippen LogP contribution >= 0.6 is 0 Å². The highest BCUT2D eigenvalue weighted by molar-refractivity contribution is 6.03. The maximum absolute atomic E-state index is 12.5. The van der Waals surface area contributed by atoms with E-state index in [1.165, 1.54) is 6.92 Å². The maximum atomic E-state index is 12.5. The molecular formula is C25H23N5O2. The van der Waals surface area contributed by atoms with E-state index in [0.717, 1.165) is 28.1 Å². The molecule has 0 bridgehead atoms. The lowest BCUT2D eigenvalue weighted by Gasteiger charge is -2.11. The molecule has 2 heterocycles. The molecule has 7 heteroatoms. The highest BCUT2D eigenvalue weighted by Gasteiger charge is 2.19. The predicted molar refractivity (Wildman–Crippen MR) is 125 cm³/mol. The van der Waals surface area contributed by atoms with Crippen LogP contribution in [0.15, 0.2) is 72.9 Å². The van der Waals surface area contributed by atoms with Crippen LogP contribution < -0.4 is 10.6 Å². The highest BCUT2D eigenvalue weighted by Crippen LogP contribution is 2.33. The van der Waals surface area contributed by atoms with Gasteiger partial charge in [0.1, 0.15) is 11.6 Å². The molecule has 0 atom stereocenters. The summed E-state index contributed by atoms with van der Waals surface area (Å²) < 4.78 is 1.69. The van der Waals surface area contributed by atoms with Gasteiger partial charge in [-0.05, 0) is 55.8 Å². The van der Waals surface area contributed by atoms with Gasteiger partial charge in [-0.15, -0.1) is 0 Å². The number of anilines is 2. The summed E-state index contributed by atoms with van der Waals surface area (Å²) in [5, 5.41) is 10.3. The molecule has 0 fully saturated rings. The highest BCUT2D eigenvalue weighted by atomic mass is 16.2. The Bertz CT molecular complexity index is 1260. The molecule has 0 radical (unpaired) electrons. The summed E-state index contributed by atoms with van der Waals surface area (Å²) in [6, 6.07) is 20.4. The van der Waals surface area contributed by atoms with Gasteiger partial charge in [0, 0.05) is 24.2 Å². The van der Waals surface area contributed by atoms with Gasteiger partial charge in [0.25, 0.3) is 5.91 Å². The average Bonchev–Trinajstić information content (AvgIpc) is 3.10. The Balaban J connectivity index is 1.68. The summed E-state index contributed by atoms with van der Waals surface area (Å²) in [4.78, 5) is 28.6. The largest absolute Gasteiger partial charge is 0.310 e. The molecule has 0 saturated heterocycles. The number of benzene rings is 2. The second kappa shape index (κ2) is 8.85. The quantitative estimate of drug-likeness (QED) is 0.482. The summed E-state index contributed by atoms with van der Waals surface area (Å²) >= 11 is 0. The van der Waals surface area contributed by atoms with E-state index < -0.39 is 0 Å². The molecule has 7 nitrogen and oxygen atoms in total. The van der Waals surface area contributed by atoms with Crippen molar-refractivity contribution in [2.75, 3.05) is 10.6 Å². The third-order valence-corrected chi connectivity index (χ3v) is 4.98. The molecule has 0 saturated carbocycles. The molecule has 2 N–H and O–H groups in total. The van der Waals surface area contributed by atoms with Crippen molar-refractivity contribution in [1.82, 2.24) is 14.8 Å². The van der Waals surface area contributed by atoms with E-state index in [1.807, 2.05) is 38.1 Å². The van der Waals surface area contributed by atoms with Gasteiger partial charge in [-0.2, -0.15) is 5.10 Å². The van der Waals surface area contributed by atoms with Crippen molar-refractivity contribution < 1.29 is 9.59 Å². The fraction of sp³-hybridized carbons (Fsp3) is 0.120. The van der Waals surface area contributed by atoms with Gasteiger partial charge in [-0.25, -0.2) is 9.67 Å². The molecule has 4 aromatic rings. The topological polar surface area (TPSA) is 88.9 Å². The Kier molecular flexibility index (Phi) is 5.81. The monoisotopic (exact) mass is 425 g/mol. The lowest BCUT2D eigenvalue weighted by atomic mass is 10.0. The SMILES string of the molecule is CC(=O)Nc1c(-c2ccc(C)cc2)c(C)nn1-c1ccc(C(=O)Nc2ccccn2)cc1. The molecule has 2 amide bonds. The summed E-state index contributed by atoms with van der Waals surface area (Å²) in [5.74, 6) is 0.629. The molecule has 160 valence electrons. The molecule has 0 aliphatic heterocycles. The smallest absolute Gasteiger partial charge is 0.256 e. The van der Waals surface area contributed by atoms with Gasteiger partial charge in [-0.3, -0.25) is 9.59 Å². The minimum Gasteiger partial charge on any atom is -0.310 e. The fourth-order valence-corrected chi connectivity index (χ4v) is 3.44. The molecule has 0 spiro atoms. The number of nitrogens with one attached hydrogen (secondary N) is 2. The predicted octanol–water partition coefficient (Wildman–Crippen LogP) is 4.76. The number of aryl methyl sites for hydroxylation is 2. The van der Waals surface area contributed by atoms with Crippen molar-refractivity contribution in [2.24, 2.45) is 0 Å². The summed E-state index contributed by atoms with van der Waals surface area (Å²) in [5.41, 5.74) is 4.98. The molecule has 32 heavy (non-hydrogen) atoms. The van der Waals surface area contributed by atoms with Crippen molar-refractivity contribution in [3.8, 4) is 16.8 Å². The Hall–Kier alpha value is -4.26. The first kappa shape index (κ1) is 21.0. The standard InChI is InChI=1S/C25H23N5O2/c1-16-7-9-19(10-8-16)23-17(2)29-30(24(23)27-18(3)31)21-13-11-20(12-14-21)25(32)28-22-6-4-5-15-26-22/h4-15H,1-3H3,(H,27,31)(H,26,28,32). The molecule has 4 rings (SSSR count). The van der Waals surface area contributed by atoms with Crippen LogP contribution in [0.25, 0.3) is 16.8 Å².